The predicted molar refractivity (Wildman–Crippen MR) is 62.7 cm³/mol. The van der Waals surface area contributed by atoms with Gasteiger partial charge in [0.15, 0.2) is 17.3 Å². The van der Waals surface area contributed by atoms with Crippen LogP contribution >= 0.6 is 0 Å². The van der Waals surface area contributed by atoms with Gasteiger partial charge in [-0.3, -0.25) is 0 Å². The van der Waals surface area contributed by atoms with Gasteiger partial charge in [-0.15, -0.1) is 0 Å². The van der Waals surface area contributed by atoms with E-state index in [0.29, 0.717) is 11.6 Å². The average Bonchev–Trinajstić information content (AvgIpc) is 2.95. The van der Waals surface area contributed by atoms with E-state index in [4.69, 9.17) is 5.84 Å². The van der Waals surface area contributed by atoms with Crippen LogP contribution in [0.15, 0.2) is 31.0 Å². The standard InChI is InChI=1S/C10H11N7/c1-7-4-13-17(5-7)10-9-12-2-3-16(9)6-8(14-10)15-11/h2-6,15H,11H2,1H3. The summed E-state index contributed by atoms with van der Waals surface area (Å²) in [6.45, 7) is 1.97. The van der Waals surface area contributed by atoms with Gasteiger partial charge in [0, 0.05) is 18.6 Å². The lowest BCUT2D eigenvalue weighted by Crippen LogP contribution is -2.12. The molecular formula is C10H11N7. The lowest BCUT2D eigenvalue weighted by atomic mass is 10.4. The Kier molecular flexibility index (Phi) is 2.05. The number of hydrazine groups is 1. The van der Waals surface area contributed by atoms with E-state index in [2.05, 4.69) is 20.5 Å². The molecule has 0 aliphatic rings. The molecule has 0 atom stereocenters. The number of nitrogens with two attached hydrogens (primary N) is 1. The summed E-state index contributed by atoms with van der Waals surface area (Å²) >= 11 is 0. The number of hydrogen-bond acceptors (Lipinski definition) is 5. The SMILES string of the molecule is Cc1cnn(-c2nc(NN)cn3ccnc23)c1. The van der Waals surface area contributed by atoms with Gasteiger partial charge in [-0.1, -0.05) is 0 Å². The second-order valence-corrected chi connectivity index (χ2v) is 3.71. The third kappa shape index (κ3) is 1.53. The fraction of sp³-hybridized carbons (Fsp3) is 0.100. The number of anilines is 1. The van der Waals surface area contributed by atoms with Crippen molar-refractivity contribution in [2.24, 2.45) is 5.84 Å². The molecule has 0 radical (unpaired) electrons. The molecule has 0 spiro atoms. The molecule has 86 valence electrons. The van der Waals surface area contributed by atoms with Crippen molar-refractivity contribution in [3.63, 3.8) is 0 Å². The van der Waals surface area contributed by atoms with Crippen molar-refractivity contribution in [3.05, 3.63) is 36.5 Å². The Balaban J connectivity index is 2.29. The summed E-state index contributed by atoms with van der Waals surface area (Å²) in [6, 6.07) is 0. The lowest BCUT2D eigenvalue weighted by Gasteiger charge is -2.06. The molecule has 0 saturated carbocycles. The maximum Gasteiger partial charge on any atom is 0.199 e. The zero-order valence-corrected chi connectivity index (χ0v) is 9.20. The Labute approximate surface area is 96.9 Å². The van der Waals surface area contributed by atoms with Gasteiger partial charge in [0.25, 0.3) is 0 Å². The lowest BCUT2D eigenvalue weighted by molar-refractivity contribution is 0.841. The number of imidazole rings is 1. The van der Waals surface area contributed by atoms with Crippen molar-refractivity contribution in [3.8, 4) is 5.82 Å². The molecule has 0 unspecified atom stereocenters. The largest absolute Gasteiger partial charge is 0.307 e. The molecule has 3 rings (SSSR count). The van der Waals surface area contributed by atoms with Crippen molar-refractivity contribution in [2.75, 3.05) is 5.43 Å². The second-order valence-electron chi connectivity index (χ2n) is 3.71. The number of nitrogen functional groups attached to an aromatic ring is 1. The monoisotopic (exact) mass is 229 g/mol. The van der Waals surface area contributed by atoms with Gasteiger partial charge < -0.3 is 9.83 Å². The van der Waals surface area contributed by atoms with E-state index < -0.39 is 0 Å². The minimum atomic E-state index is 0.554. The summed E-state index contributed by atoms with van der Waals surface area (Å²) in [5, 5.41) is 4.22. The molecule has 3 aromatic heterocycles. The topological polar surface area (TPSA) is 86.1 Å². The minimum Gasteiger partial charge on any atom is -0.307 e. The van der Waals surface area contributed by atoms with Crippen LogP contribution in [0.2, 0.25) is 0 Å². The van der Waals surface area contributed by atoms with Crippen molar-refractivity contribution in [1.29, 1.82) is 0 Å². The van der Waals surface area contributed by atoms with Crippen LogP contribution in [-0.2, 0) is 0 Å². The quantitative estimate of drug-likeness (QED) is 0.494. The van der Waals surface area contributed by atoms with Gasteiger partial charge in [-0.05, 0) is 12.5 Å². The van der Waals surface area contributed by atoms with Gasteiger partial charge in [0.1, 0.15) is 0 Å². The van der Waals surface area contributed by atoms with Crippen molar-refractivity contribution >= 4 is 11.5 Å². The molecule has 3 heterocycles. The molecule has 7 heteroatoms. The molecule has 7 nitrogen and oxygen atoms in total. The maximum atomic E-state index is 5.39. The van der Waals surface area contributed by atoms with Crippen LogP contribution in [0.25, 0.3) is 11.5 Å². The highest BCUT2D eigenvalue weighted by Crippen LogP contribution is 2.15. The smallest absolute Gasteiger partial charge is 0.199 e. The van der Waals surface area contributed by atoms with Crippen LogP contribution in [0.4, 0.5) is 5.82 Å². The number of nitrogens with zero attached hydrogens (tertiary/aromatic N) is 5. The van der Waals surface area contributed by atoms with E-state index in [1.165, 1.54) is 0 Å². The van der Waals surface area contributed by atoms with Crippen molar-refractivity contribution in [2.45, 2.75) is 6.92 Å². The highest BCUT2D eigenvalue weighted by Gasteiger charge is 2.09. The number of hydrogen-bond donors (Lipinski definition) is 2. The minimum absolute atomic E-state index is 0.554. The summed E-state index contributed by atoms with van der Waals surface area (Å²) in [6.07, 6.45) is 8.96. The summed E-state index contributed by atoms with van der Waals surface area (Å²) in [7, 11) is 0. The molecule has 0 aliphatic carbocycles. The van der Waals surface area contributed by atoms with E-state index >= 15 is 0 Å². The molecule has 0 amide bonds. The van der Waals surface area contributed by atoms with Gasteiger partial charge >= 0.3 is 0 Å². The molecule has 0 aromatic carbocycles. The molecule has 3 N–H and O–H groups in total. The molecule has 0 aliphatic heterocycles. The number of fused-ring (bicyclic) bond motifs is 1. The van der Waals surface area contributed by atoms with Crippen LogP contribution in [0.3, 0.4) is 0 Å². The van der Waals surface area contributed by atoms with Crippen molar-refractivity contribution < 1.29 is 0 Å². The van der Waals surface area contributed by atoms with Crippen LogP contribution in [0.1, 0.15) is 5.56 Å². The Hall–Kier alpha value is -2.41. The number of nitrogens with one attached hydrogen (secondary N) is 1. The highest BCUT2D eigenvalue weighted by molar-refractivity contribution is 5.57. The van der Waals surface area contributed by atoms with E-state index in [-0.39, 0.29) is 0 Å². The van der Waals surface area contributed by atoms with E-state index in [0.717, 1.165) is 11.2 Å². The van der Waals surface area contributed by atoms with Crippen LogP contribution < -0.4 is 11.3 Å². The number of aryl methyl sites for hydroxylation is 1. The molecule has 0 fully saturated rings. The first-order chi connectivity index (χ1) is 8.28. The first kappa shape index (κ1) is 9.79. The molecule has 0 bridgehead atoms. The van der Waals surface area contributed by atoms with Gasteiger partial charge in [0.2, 0.25) is 0 Å². The summed E-state index contributed by atoms with van der Waals surface area (Å²) in [5.41, 5.74) is 4.31. The molecular weight excluding hydrogens is 218 g/mol. The van der Waals surface area contributed by atoms with Crippen molar-refractivity contribution in [1.82, 2.24) is 24.1 Å². The number of aromatic nitrogens is 5. The summed E-state index contributed by atoms with van der Waals surface area (Å²) in [4.78, 5) is 8.61. The first-order valence-electron chi connectivity index (χ1n) is 5.10. The molecule has 3 aromatic rings. The zero-order valence-electron chi connectivity index (χ0n) is 9.20. The predicted octanol–water partition coefficient (Wildman–Crippen LogP) is 0.509. The molecule has 17 heavy (non-hydrogen) atoms. The first-order valence-corrected chi connectivity index (χ1v) is 5.10. The van der Waals surface area contributed by atoms with Crippen LogP contribution in [0.5, 0.6) is 0 Å². The van der Waals surface area contributed by atoms with Gasteiger partial charge in [0.05, 0.1) is 12.4 Å². The Morgan fingerprint density at radius 2 is 2.24 bits per heavy atom. The van der Waals surface area contributed by atoms with Gasteiger partial charge in [-0.2, -0.15) is 5.10 Å². The van der Waals surface area contributed by atoms with E-state index in [1.807, 2.05) is 23.7 Å². The Morgan fingerprint density at radius 1 is 1.35 bits per heavy atom. The Morgan fingerprint density at radius 3 is 2.94 bits per heavy atom. The summed E-state index contributed by atoms with van der Waals surface area (Å²) in [5.74, 6) is 6.58. The maximum absolute atomic E-state index is 5.39. The van der Waals surface area contributed by atoms with Crippen LogP contribution in [-0.4, -0.2) is 24.1 Å². The van der Waals surface area contributed by atoms with E-state index in [9.17, 15) is 0 Å². The third-order valence-corrected chi connectivity index (χ3v) is 2.43. The van der Waals surface area contributed by atoms with Gasteiger partial charge in [-0.25, -0.2) is 20.5 Å². The van der Waals surface area contributed by atoms with E-state index in [1.54, 1.807) is 23.3 Å². The molecule has 0 saturated heterocycles. The number of rotatable bonds is 2. The van der Waals surface area contributed by atoms with Crippen LogP contribution in [0, 0.1) is 6.92 Å². The average molecular weight is 229 g/mol. The second kappa shape index (κ2) is 3.56. The highest BCUT2D eigenvalue weighted by atomic mass is 15.3. The fourth-order valence-corrected chi connectivity index (χ4v) is 1.67. The summed E-state index contributed by atoms with van der Waals surface area (Å²) < 4.78 is 3.52. The Bertz CT molecular complexity index is 666. The normalized spacial score (nSPS) is 10.9. The fourth-order valence-electron chi connectivity index (χ4n) is 1.67. The third-order valence-electron chi connectivity index (χ3n) is 2.43. The zero-order chi connectivity index (χ0) is 11.8.